The van der Waals surface area contributed by atoms with E-state index in [0.29, 0.717) is 6.29 Å². The van der Waals surface area contributed by atoms with Crippen LogP contribution in [0.15, 0.2) is 18.2 Å². The Morgan fingerprint density at radius 1 is 1.53 bits per heavy atom. The largest absolute Gasteiger partial charge is 0.490 e. The summed E-state index contributed by atoms with van der Waals surface area (Å²) >= 11 is 0. The van der Waals surface area contributed by atoms with Gasteiger partial charge in [0, 0.05) is 0 Å². The lowest BCUT2D eigenvalue weighted by atomic mass is 9.94. The highest BCUT2D eigenvalue weighted by atomic mass is 19.1. The summed E-state index contributed by atoms with van der Waals surface area (Å²) in [6.45, 7) is 5.45. The summed E-state index contributed by atoms with van der Waals surface area (Å²) in [5.74, 6) is -0.194. The van der Waals surface area contributed by atoms with Crippen molar-refractivity contribution in [2.75, 3.05) is 6.61 Å². The Kier molecular flexibility index (Phi) is 4.23. The molecule has 3 nitrogen and oxygen atoms in total. The molecule has 17 heavy (non-hydrogen) atoms. The van der Waals surface area contributed by atoms with Gasteiger partial charge in [-0.15, -0.1) is 0 Å². The lowest BCUT2D eigenvalue weighted by Crippen LogP contribution is -2.37. The normalized spacial score (nSPS) is 14.5. The highest BCUT2D eigenvalue weighted by molar-refractivity contribution is 5.79. The van der Waals surface area contributed by atoms with Crippen LogP contribution in [0.3, 0.4) is 0 Å². The molecule has 1 atom stereocenters. The van der Waals surface area contributed by atoms with Gasteiger partial charge in [-0.25, -0.2) is 4.39 Å². The summed E-state index contributed by atoms with van der Waals surface area (Å²) in [6, 6.07) is 3.70. The van der Waals surface area contributed by atoms with Crippen molar-refractivity contribution in [2.45, 2.75) is 26.4 Å². The zero-order valence-corrected chi connectivity index (χ0v) is 10.2. The third-order valence-electron chi connectivity index (χ3n) is 2.86. The Balaban J connectivity index is 2.79. The fourth-order valence-corrected chi connectivity index (χ4v) is 1.13. The highest BCUT2D eigenvalue weighted by Crippen LogP contribution is 2.22. The van der Waals surface area contributed by atoms with Crippen molar-refractivity contribution >= 4 is 6.29 Å². The van der Waals surface area contributed by atoms with Crippen molar-refractivity contribution in [3.63, 3.8) is 0 Å². The summed E-state index contributed by atoms with van der Waals surface area (Å²) < 4.78 is 18.2. The van der Waals surface area contributed by atoms with Gasteiger partial charge in [0.1, 0.15) is 18.2 Å². The van der Waals surface area contributed by atoms with Crippen LogP contribution in [-0.2, 0) is 0 Å². The standard InChI is InChI=1S/C13H17FO3/c1-9(2)13(3,16)8-17-12-5-4-11(14)6-10(12)7-15/h4-7,9,16H,8H2,1-3H3. The van der Waals surface area contributed by atoms with E-state index in [1.165, 1.54) is 12.1 Å². The third-order valence-corrected chi connectivity index (χ3v) is 2.86. The summed E-state index contributed by atoms with van der Waals surface area (Å²) in [7, 11) is 0. The van der Waals surface area contributed by atoms with Gasteiger partial charge in [0.25, 0.3) is 0 Å². The molecule has 0 fully saturated rings. The van der Waals surface area contributed by atoms with Gasteiger partial charge in [0.05, 0.1) is 11.2 Å². The number of carbonyl (C=O) groups is 1. The van der Waals surface area contributed by atoms with Gasteiger partial charge in [-0.1, -0.05) is 13.8 Å². The molecule has 0 bridgehead atoms. The molecule has 1 unspecified atom stereocenters. The number of ether oxygens (including phenoxy) is 1. The van der Waals surface area contributed by atoms with Crippen LogP contribution in [0, 0.1) is 11.7 Å². The van der Waals surface area contributed by atoms with E-state index >= 15 is 0 Å². The number of aliphatic hydroxyl groups is 1. The topological polar surface area (TPSA) is 46.5 Å². The molecule has 0 spiro atoms. The monoisotopic (exact) mass is 240 g/mol. The number of hydrogen-bond acceptors (Lipinski definition) is 3. The SMILES string of the molecule is CC(C)C(C)(O)COc1ccc(F)cc1C=O. The molecule has 1 aromatic rings. The molecule has 1 rings (SSSR count). The van der Waals surface area contributed by atoms with Crippen molar-refractivity contribution in [3.8, 4) is 5.75 Å². The van der Waals surface area contributed by atoms with Crippen LogP contribution in [0.2, 0.25) is 0 Å². The van der Waals surface area contributed by atoms with Crippen LogP contribution >= 0.6 is 0 Å². The van der Waals surface area contributed by atoms with E-state index in [4.69, 9.17) is 4.74 Å². The van der Waals surface area contributed by atoms with Crippen molar-refractivity contribution in [1.29, 1.82) is 0 Å². The lowest BCUT2D eigenvalue weighted by molar-refractivity contribution is -0.0267. The molecule has 0 aliphatic heterocycles. The fourth-order valence-electron chi connectivity index (χ4n) is 1.13. The number of hydrogen-bond donors (Lipinski definition) is 1. The fraction of sp³-hybridized carbons (Fsp3) is 0.462. The van der Waals surface area contributed by atoms with Gasteiger partial charge in [-0.3, -0.25) is 4.79 Å². The molecule has 0 saturated heterocycles. The average molecular weight is 240 g/mol. The van der Waals surface area contributed by atoms with E-state index < -0.39 is 11.4 Å². The molecule has 0 saturated carbocycles. The zero-order valence-electron chi connectivity index (χ0n) is 10.2. The minimum atomic E-state index is -0.992. The minimum absolute atomic E-state index is 0.0163. The Hall–Kier alpha value is -1.42. The van der Waals surface area contributed by atoms with Gasteiger partial charge in [-0.2, -0.15) is 0 Å². The summed E-state index contributed by atoms with van der Waals surface area (Å²) in [5, 5.41) is 9.98. The van der Waals surface area contributed by atoms with Gasteiger partial charge < -0.3 is 9.84 Å². The Labute approximate surface area is 100 Å². The lowest BCUT2D eigenvalue weighted by Gasteiger charge is -2.27. The molecule has 1 N–H and O–H groups in total. The second-order valence-corrected chi connectivity index (χ2v) is 4.60. The number of halogens is 1. The van der Waals surface area contributed by atoms with Crippen LogP contribution in [-0.4, -0.2) is 23.6 Å². The van der Waals surface area contributed by atoms with E-state index in [2.05, 4.69) is 0 Å². The molecule has 1 aromatic carbocycles. The van der Waals surface area contributed by atoms with Crippen molar-refractivity contribution in [2.24, 2.45) is 5.92 Å². The van der Waals surface area contributed by atoms with E-state index in [-0.39, 0.29) is 23.8 Å². The van der Waals surface area contributed by atoms with Crippen molar-refractivity contribution in [1.82, 2.24) is 0 Å². The van der Waals surface area contributed by atoms with Crippen LogP contribution in [0.1, 0.15) is 31.1 Å². The molecule has 0 amide bonds. The minimum Gasteiger partial charge on any atom is -0.490 e. The van der Waals surface area contributed by atoms with Crippen LogP contribution in [0.4, 0.5) is 4.39 Å². The molecule has 0 radical (unpaired) electrons. The molecular formula is C13H17FO3. The van der Waals surface area contributed by atoms with Gasteiger partial charge >= 0.3 is 0 Å². The maximum absolute atomic E-state index is 12.9. The molecule has 94 valence electrons. The number of aldehydes is 1. The third kappa shape index (κ3) is 3.53. The maximum Gasteiger partial charge on any atom is 0.153 e. The average Bonchev–Trinajstić information content (AvgIpc) is 2.27. The van der Waals surface area contributed by atoms with Crippen molar-refractivity contribution in [3.05, 3.63) is 29.6 Å². The van der Waals surface area contributed by atoms with E-state index in [1.807, 2.05) is 13.8 Å². The summed E-state index contributed by atoms with van der Waals surface area (Å²) in [6.07, 6.45) is 0.530. The quantitative estimate of drug-likeness (QED) is 0.804. The second-order valence-electron chi connectivity index (χ2n) is 4.60. The van der Waals surface area contributed by atoms with Gasteiger partial charge in [0.15, 0.2) is 6.29 Å². The Morgan fingerprint density at radius 2 is 2.18 bits per heavy atom. The number of rotatable bonds is 5. The molecule has 0 aromatic heterocycles. The van der Waals surface area contributed by atoms with Crippen LogP contribution in [0.5, 0.6) is 5.75 Å². The maximum atomic E-state index is 12.9. The van der Waals surface area contributed by atoms with E-state index in [1.54, 1.807) is 6.92 Å². The zero-order chi connectivity index (χ0) is 13.1. The number of benzene rings is 1. The molecule has 0 heterocycles. The van der Waals surface area contributed by atoms with Crippen LogP contribution < -0.4 is 4.74 Å². The van der Waals surface area contributed by atoms with Gasteiger partial charge in [-0.05, 0) is 31.0 Å². The summed E-state index contributed by atoms with van der Waals surface area (Å²) in [5.41, 5.74) is -0.848. The summed E-state index contributed by atoms with van der Waals surface area (Å²) in [4.78, 5) is 10.7. The Morgan fingerprint density at radius 3 is 2.71 bits per heavy atom. The first-order chi connectivity index (χ1) is 7.86. The first-order valence-electron chi connectivity index (χ1n) is 5.46. The van der Waals surface area contributed by atoms with E-state index in [0.717, 1.165) is 6.07 Å². The van der Waals surface area contributed by atoms with E-state index in [9.17, 15) is 14.3 Å². The first kappa shape index (κ1) is 13.6. The van der Waals surface area contributed by atoms with Crippen molar-refractivity contribution < 1.29 is 19.0 Å². The Bertz CT molecular complexity index is 400. The predicted molar refractivity (Wildman–Crippen MR) is 62.7 cm³/mol. The number of carbonyl (C=O) groups excluding carboxylic acids is 1. The molecule has 4 heteroatoms. The molecular weight excluding hydrogens is 223 g/mol. The van der Waals surface area contributed by atoms with Crippen LogP contribution in [0.25, 0.3) is 0 Å². The highest BCUT2D eigenvalue weighted by Gasteiger charge is 2.26. The smallest absolute Gasteiger partial charge is 0.153 e. The molecule has 0 aliphatic carbocycles. The first-order valence-corrected chi connectivity index (χ1v) is 5.46. The van der Waals surface area contributed by atoms with Gasteiger partial charge in [0.2, 0.25) is 0 Å². The predicted octanol–water partition coefficient (Wildman–Crippen LogP) is 2.42. The molecule has 0 aliphatic rings. The second kappa shape index (κ2) is 5.27.